The Kier molecular flexibility index (Phi) is 13.0. The lowest BCUT2D eigenvalue weighted by molar-refractivity contribution is -0.311. The molecule has 0 saturated carbocycles. The molecule has 22 atom stereocenters. The number of esters is 1. The molecule has 0 aromatic rings. The molecule has 0 aromatic carbocycles. The molecule has 0 bridgehead atoms. The van der Waals surface area contributed by atoms with Gasteiger partial charge in [-0.2, -0.15) is 0 Å². The van der Waals surface area contributed by atoms with E-state index in [0.717, 1.165) is 38.5 Å². The molecule has 8 saturated heterocycles. The maximum absolute atomic E-state index is 12.3. The van der Waals surface area contributed by atoms with Gasteiger partial charge in [0, 0.05) is 25.7 Å². The molecule has 0 aliphatic carbocycles. The van der Waals surface area contributed by atoms with Crippen LogP contribution in [0.15, 0.2) is 36.5 Å². The van der Waals surface area contributed by atoms with E-state index in [1.165, 1.54) is 0 Å². The highest BCUT2D eigenvalue weighted by Gasteiger charge is 2.59. The van der Waals surface area contributed by atoms with E-state index in [1.807, 2.05) is 0 Å². The number of carbonyl (C=O) groups excluding carboxylic acids is 1. The van der Waals surface area contributed by atoms with Gasteiger partial charge >= 0.3 is 11.9 Å². The molecule has 10 aliphatic rings. The quantitative estimate of drug-likeness (QED) is 0.248. The van der Waals surface area contributed by atoms with E-state index in [9.17, 15) is 19.8 Å². The van der Waals surface area contributed by atoms with E-state index in [0.29, 0.717) is 56.4 Å². The summed E-state index contributed by atoms with van der Waals surface area (Å²) in [6.07, 6.45) is 11.7. The highest BCUT2D eigenvalue weighted by atomic mass is 16.6. The zero-order chi connectivity index (χ0) is 44.5. The Morgan fingerprint density at radius 1 is 0.719 bits per heavy atom. The zero-order valence-corrected chi connectivity index (χ0v) is 37.6. The van der Waals surface area contributed by atoms with Crippen molar-refractivity contribution in [3.63, 3.8) is 0 Å². The summed E-state index contributed by atoms with van der Waals surface area (Å²) in [5.74, 6) is -0.943. The number of hydrogen-bond acceptors (Lipinski definition) is 14. The standard InChI is InChI=1S/C49H70O15/c1-25-16-35-38(59-40-23-46(54)61-36(40)17-25)21-37-32(58-35)11-7-10-31-30(57-37)8-5-6-9-34-33(56-31)12-13-44-48(3,63-34)15-14-43-49(4,64-44)24-42-39(60-43)22-41-47(62-42)29(51)19-27(55-41)18-26(2)28(50)20-45(52)53/h5-7,11,25,27-44,47,50-51H,2,8-10,12-24H2,1,3-4H3,(H,52,53). The molecule has 22 unspecified atom stereocenters. The van der Waals surface area contributed by atoms with Crippen LogP contribution in [-0.4, -0.2) is 154 Å². The third-order valence-corrected chi connectivity index (χ3v) is 16.3. The number of fused-ring (bicyclic) bond motifs is 9. The summed E-state index contributed by atoms with van der Waals surface area (Å²) in [6, 6.07) is 0. The minimum absolute atomic E-state index is 0.0728. The molecule has 8 fully saturated rings. The van der Waals surface area contributed by atoms with Crippen LogP contribution in [-0.2, 0) is 57.0 Å². The molecule has 64 heavy (non-hydrogen) atoms. The summed E-state index contributed by atoms with van der Waals surface area (Å²) >= 11 is 0. The number of hydrogen-bond donors (Lipinski definition) is 3. The van der Waals surface area contributed by atoms with E-state index in [4.69, 9.17) is 52.5 Å². The Balaban J connectivity index is 0.790. The SMILES string of the molecule is C=C(CC1CC(O)C2OC3CC4(C)OC5CCC6OC7CC=CC8OC9CC(C)CC%10OC(=O)CC%10OC9CC8OC7CC=CCC6OC5(C)CCC4OC3CC2O1)C(O)CC(=O)O. The van der Waals surface area contributed by atoms with Crippen molar-refractivity contribution in [2.45, 2.75) is 251 Å². The van der Waals surface area contributed by atoms with Crippen LogP contribution in [0.3, 0.4) is 0 Å². The van der Waals surface area contributed by atoms with E-state index >= 15 is 0 Å². The van der Waals surface area contributed by atoms with E-state index in [2.05, 4.69) is 51.7 Å². The van der Waals surface area contributed by atoms with E-state index < -0.39 is 54.1 Å². The van der Waals surface area contributed by atoms with Crippen LogP contribution in [0.4, 0.5) is 0 Å². The first-order chi connectivity index (χ1) is 30.7. The summed E-state index contributed by atoms with van der Waals surface area (Å²) in [4.78, 5) is 23.4. The minimum atomic E-state index is -1.18. The Hall–Kier alpha value is -2.28. The minimum Gasteiger partial charge on any atom is -0.481 e. The summed E-state index contributed by atoms with van der Waals surface area (Å²) in [6.45, 7) is 10.4. The lowest BCUT2D eigenvalue weighted by Crippen LogP contribution is -2.64. The number of carboxylic acid groups (broad SMARTS) is 1. The van der Waals surface area contributed by atoms with Crippen LogP contribution in [0.1, 0.15) is 124 Å². The van der Waals surface area contributed by atoms with Crippen molar-refractivity contribution in [2.75, 3.05) is 0 Å². The van der Waals surface area contributed by atoms with Crippen molar-refractivity contribution in [3.8, 4) is 0 Å². The molecule has 15 heteroatoms. The van der Waals surface area contributed by atoms with Crippen molar-refractivity contribution in [1.82, 2.24) is 0 Å². The first-order valence-electron chi connectivity index (χ1n) is 24.4. The van der Waals surface area contributed by atoms with Gasteiger partial charge in [0.1, 0.15) is 24.4 Å². The molecule has 0 amide bonds. The Bertz CT molecular complexity index is 1790. The number of aliphatic carboxylic acids is 1. The predicted octanol–water partition coefficient (Wildman–Crippen LogP) is 4.95. The van der Waals surface area contributed by atoms with E-state index in [1.54, 1.807) is 0 Å². The molecule has 0 spiro atoms. The summed E-state index contributed by atoms with van der Waals surface area (Å²) < 4.78 is 67.7. The fourth-order valence-corrected chi connectivity index (χ4v) is 12.9. The second-order valence-corrected chi connectivity index (χ2v) is 21.3. The van der Waals surface area contributed by atoms with Gasteiger partial charge in [-0.05, 0) is 89.5 Å². The summed E-state index contributed by atoms with van der Waals surface area (Å²) in [5, 5.41) is 30.7. The number of ether oxygens (including phenoxy) is 10. The predicted molar refractivity (Wildman–Crippen MR) is 227 cm³/mol. The molecule has 10 aliphatic heterocycles. The highest BCUT2D eigenvalue weighted by Crippen LogP contribution is 2.50. The Labute approximate surface area is 376 Å². The Morgan fingerprint density at radius 3 is 2.23 bits per heavy atom. The summed E-state index contributed by atoms with van der Waals surface area (Å²) in [7, 11) is 0. The van der Waals surface area contributed by atoms with Crippen molar-refractivity contribution in [1.29, 1.82) is 0 Å². The number of aliphatic hydroxyl groups excluding tert-OH is 2. The average molecular weight is 899 g/mol. The molecule has 10 heterocycles. The number of aliphatic hydroxyl groups is 2. The van der Waals surface area contributed by atoms with E-state index in [-0.39, 0.29) is 104 Å². The smallest absolute Gasteiger partial charge is 0.308 e. The second kappa shape index (κ2) is 18.3. The van der Waals surface area contributed by atoms with Crippen LogP contribution >= 0.6 is 0 Å². The van der Waals surface area contributed by atoms with Crippen LogP contribution < -0.4 is 0 Å². The first kappa shape index (κ1) is 45.5. The first-order valence-corrected chi connectivity index (χ1v) is 24.4. The average Bonchev–Trinajstić information content (AvgIpc) is 3.47. The van der Waals surface area contributed by atoms with Gasteiger partial charge in [-0.3, -0.25) is 9.59 Å². The zero-order valence-electron chi connectivity index (χ0n) is 37.6. The maximum Gasteiger partial charge on any atom is 0.308 e. The van der Waals surface area contributed by atoms with Crippen molar-refractivity contribution < 1.29 is 72.3 Å². The second-order valence-electron chi connectivity index (χ2n) is 21.3. The largest absolute Gasteiger partial charge is 0.481 e. The van der Waals surface area contributed by atoms with Gasteiger partial charge in [0.15, 0.2) is 0 Å². The fourth-order valence-electron chi connectivity index (χ4n) is 12.9. The van der Waals surface area contributed by atoms with Crippen LogP contribution in [0.25, 0.3) is 0 Å². The van der Waals surface area contributed by atoms with Gasteiger partial charge in [-0.25, -0.2) is 0 Å². The van der Waals surface area contributed by atoms with Crippen LogP contribution in [0.5, 0.6) is 0 Å². The van der Waals surface area contributed by atoms with Crippen LogP contribution in [0.2, 0.25) is 0 Å². The van der Waals surface area contributed by atoms with Gasteiger partial charge in [0.05, 0.1) is 116 Å². The molecule has 10 rings (SSSR count). The number of carboxylic acids is 1. The lowest BCUT2D eigenvalue weighted by atomic mass is 9.80. The maximum atomic E-state index is 12.3. The molecule has 356 valence electrons. The molecule has 0 radical (unpaired) electrons. The number of rotatable bonds is 5. The van der Waals surface area contributed by atoms with Gasteiger partial charge < -0.3 is 62.7 Å². The van der Waals surface area contributed by atoms with Crippen molar-refractivity contribution in [3.05, 3.63) is 36.5 Å². The lowest BCUT2D eigenvalue weighted by Gasteiger charge is -2.54. The van der Waals surface area contributed by atoms with Crippen molar-refractivity contribution in [2.24, 2.45) is 5.92 Å². The fraction of sp³-hybridized carbons (Fsp3) is 0.837. The normalized spacial score (nSPS) is 50.6. The Morgan fingerprint density at radius 2 is 1.42 bits per heavy atom. The topological polar surface area (TPSA) is 187 Å². The molecule has 15 nitrogen and oxygen atoms in total. The molecule has 3 N–H and O–H groups in total. The molecular formula is C49H70O15. The van der Waals surface area contributed by atoms with Crippen LogP contribution in [0, 0.1) is 5.92 Å². The van der Waals surface area contributed by atoms with Gasteiger partial charge in [-0.1, -0.05) is 37.8 Å². The molecular weight excluding hydrogens is 829 g/mol. The highest BCUT2D eigenvalue weighted by molar-refractivity contribution is 5.72. The van der Waals surface area contributed by atoms with Crippen molar-refractivity contribution >= 4 is 11.9 Å². The molecule has 0 aromatic heterocycles. The van der Waals surface area contributed by atoms with Gasteiger partial charge in [0.25, 0.3) is 0 Å². The number of carbonyl (C=O) groups is 2. The van der Waals surface area contributed by atoms with Gasteiger partial charge in [-0.15, -0.1) is 0 Å². The third-order valence-electron chi connectivity index (χ3n) is 16.3. The monoisotopic (exact) mass is 898 g/mol. The summed E-state index contributed by atoms with van der Waals surface area (Å²) in [5.41, 5.74) is -0.860. The van der Waals surface area contributed by atoms with Gasteiger partial charge in [0.2, 0.25) is 0 Å². The third kappa shape index (κ3) is 9.31.